The Labute approximate surface area is 213 Å². The summed E-state index contributed by atoms with van der Waals surface area (Å²) in [7, 11) is 4.41. The fourth-order valence-corrected chi connectivity index (χ4v) is 3.37. The number of nitrogens with zero attached hydrogens (tertiary/aromatic N) is 6. The maximum Gasteiger partial charge on any atom is 0.369 e. The van der Waals surface area contributed by atoms with E-state index in [2.05, 4.69) is 36.0 Å². The molecule has 1 amide bonds. The van der Waals surface area contributed by atoms with E-state index in [4.69, 9.17) is 9.47 Å². The summed E-state index contributed by atoms with van der Waals surface area (Å²) >= 11 is 0. The number of benzene rings is 1. The van der Waals surface area contributed by atoms with Crippen molar-refractivity contribution in [1.29, 1.82) is 0 Å². The van der Waals surface area contributed by atoms with Crippen LogP contribution in [-0.2, 0) is 7.05 Å². The molecule has 38 heavy (non-hydrogen) atoms. The largest absolute Gasteiger partial charge is 0.494 e. The molecule has 0 spiro atoms. The molecular formula is C22H22FN9O6. The first-order chi connectivity index (χ1) is 18.1. The van der Waals surface area contributed by atoms with Crippen molar-refractivity contribution >= 4 is 28.9 Å². The van der Waals surface area contributed by atoms with Crippen LogP contribution in [0.1, 0.15) is 10.4 Å². The summed E-state index contributed by atoms with van der Waals surface area (Å²) in [5.74, 6) is -0.846. The molecule has 4 aromatic rings. The molecule has 0 saturated carbocycles. The van der Waals surface area contributed by atoms with Crippen molar-refractivity contribution in [2.45, 2.75) is 6.10 Å². The normalized spacial score (nSPS) is 11.1. The minimum Gasteiger partial charge on any atom is -0.494 e. The molecule has 0 aliphatic heterocycles. The molecule has 15 nitrogen and oxygen atoms in total. The average molecular weight is 527 g/mol. The minimum absolute atomic E-state index is 0.0136. The van der Waals surface area contributed by atoms with Gasteiger partial charge in [-0.2, -0.15) is 15.0 Å². The highest BCUT2D eigenvalue weighted by molar-refractivity contribution is 6.01. The fraction of sp³-hybridized carbons (Fsp3) is 0.182. The first-order valence-electron chi connectivity index (χ1n) is 10.7. The van der Waals surface area contributed by atoms with Gasteiger partial charge in [-0.25, -0.2) is 9.37 Å². The number of carbonyl (C=O) groups excluding carboxylic acids is 1. The second-order valence-electron chi connectivity index (χ2n) is 7.67. The summed E-state index contributed by atoms with van der Waals surface area (Å²) in [5.41, 5.74) is 0.456. The Morgan fingerprint density at radius 2 is 1.79 bits per heavy atom. The van der Waals surface area contributed by atoms with Gasteiger partial charge in [0.15, 0.2) is 11.6 Å². The number of nitrogens with one attached hydrogen (secondary N) is 3. The lowest BCUT2D eigenvalue weighted by atomic mass is 10.1. The zero-order chi connectivity index (χ0) is 27.4. The summed E-state index contributed by atoms with van der Waals surface area (Å²) in [6.07, 6.45) is -0.995. The molecule has 0 radical (unpaired) electrons. The third-order valence-corrected chi connectivity index (χ3v) is 4.94. The first-order valence-corrected chi connectivity index (χ1v) is 10.7. The van der Waals surface area contributed by atoms with Crippen LogP contribution >= 0.6 is 0 Å². The van der Waals surface area contributed by atoms with Crippen molar-refractivity contribution in [2.24, 2.45) is 7.05 Å². The van der Waals surface area contributed by atoms with Crippen LogP contribution in [0.5, 0.6) is 11.6 Å². The fourth-order valence-electron chi connectivity index (χ4n) is 3.37. The Morgan fingerprint density at radius 3 is 2.39 bits per heavy atom. The number of ether oxygens (including phenoxy) is 2. The molecule has 0 bridgehead atoms. The summed E-state index contributed by atoms with van der Waals surface area (Å²) in [6.45, 7) is 0. The Balaban J connectivity index is 1.77. The zero-order valence-electron chi connectivity index (χ0n) is 20.2. The molecular weight excluding hydrogens is 505 g/mol. The predicted octanol–water partition coefficient (Wildman–Crippen LogP) is 0.629. The Hall–Kier alpha value is -4.93. The number of aliphatic hydroxyl groups is 3. The molecule has 6 N–H and O–H groups in total. The number of methoxy groups -OCH3 is 2. The number of aryl methyl sites for hydroxylation is 1. The molecule has 0 aliphatic carbocycles. The van der Waals surface area contributed by atoms with Crippen LogP contribution in [0.3, 0.4) is 0 Å². The quantitative estimate of drug-likeness (QED) is 0.166. The van der Waals surface area contributed by atoms with Crippen LogP contribution in [0.25, 0.3) is 11.3 Å². The van der Waals surface area contributed by atoms with Gasteiger partial charge in [0.2, 0.25) is 5.88 Å². The van der Waals surface area contributed by atoms with E-state index in [0.717, 1.165) is 12.3 Å². The van der Waals surface area contributed by atoms with Gasteiger partial charge in [0, 0.05) is 31.4 Å². The Kier molecular flexibility index (Phi) is 7.28. The van der Waals surface area contributed by atoms with E-state index in [1.54, 1.807) is 24.5 Å². The average Bonchev–Trinajstić information content (AvgIpc) is 3.29. The highest BCUT2D eigenvalue weighted by Crippen LogP contribution is 2.39. The number of aromatic nitrogens is 6. The van der Waals surface area contributed by atoms with Crippen LogP contribution in [0.4, 0.5) is 27.4 Å². The second kappa shape index (κ2) is 10.6. The summed E-state index contributed by atoms with van der Waals surface area (Å²) in [4.78, 5) is 18.1. The topological polar surface area (TPSA) is 202 Å². The molecule has 3 heterocycles. The van der Waals surface area contributed by atoms with Gasteiger partial charge in [-0.15, -0.1) is 10.2 Å². The molecule has 0 atom stereocenters. The Bertz CT molecular complexity index is 1460. The van der Waals surface area contributed by atoms with Crippen molar-refractivity contribution in [3.63, 3.8) is 0 Å². The van der Waals surface area contributed by atoms with Crippen molar-refractivity contribution < 1.29 is 34.0 Å². The number of carbonyl (C=O) groups is 1. The lowest BCUT2D eigenvalue weighted by Crippen LogP contribution is -2.48. The third-order valence-electron chi connectivity index (χ3n) is 4.94. The van der Waals surface area contributed by atoms with Crippen LogP contribution in [-0.4, -0.2) is 71.7 Å². The number of hydrogen-bond donors (Lipinski definition) is 6. The molecule has 1 aromatic carbocycles. The van der Waals surface area contributed by atoms with Crippen molar-refractivity contribution in [2.75, 3.05) is 24.9 Å². The summed E-state index contributed by atoms with van der Waals surface area (Å²) in [5, 5.41) is 51.0. The summed E-state index contributed by atoms with van der Waals surface area (Å²) < 4.78 is 25.2. The molecule has 198 valence electrons. The molecule has 0 unspecified atom stereocenters. The lowest BCUT2D eigenvalue weighted by Gasteiger charge is -2.19. The number of hydrogen-bond acceptors (Lipinski definition) is 13. The molecule has 0 saturated heterocycles. The van der Waals surface area contributed by atoms with Gasteiger partial charge in [-0.3, -0.25) is 10.1 Å². The molecule has 0 aliphatic rings. The Morgan fingerprint density at radius 1 is 1.00 bits per heavy atom. The molecule has 4 rings (SSSR count). The number of anilines is 4. The molecule has 3 aromatic heterocycles. The SMILES string of the molecule is COc1ccc(Nc2cc(Nc3cc(F)cc(-c4cnn(C)n4)c3OC)c(C(=O)NC(O)(O)O)cn2)nn1. The molecule has 0 fully saturated rings. The number of halogens is 1. The standard InChI is InChI=1S/C22H22FN9O6/c1-32-25-10-16(31-32)12-6-11(23)7-15(20(12)38-3)26-14-8-18(27-17-4-5-19(37-2)30-29-17)24-9-13(14)21(33)28-22(34,35)36/h4-10,34-36H,1-3H3,(H,28,33)(H2,24,26,27,29). The van der Waals surface area contributed by atoms with Gasteiger partial charge in [0.1, 0.15) is 17.3 Å². The van der Waals surface area contributed by atoms with Gasteiger partial charge in [0.25, 0.3) is 5.91 Å². The summed E-state index contributed by atoms with van der Waals surface area (Å²) in [6, 6.07) is 6.83. The van der Waals surface area contributed by atoms with Crippen LogP contribution < -0.4 is 25.4 Å². The number of rotatable bonds is 9. The highest BCUT2D eigenvalue weighted by Gasteiger charge is 2.25. The van der Waals surface area contributed by atoms with Gasteiger partial charge in [-0.1, -0.05) is 0 Å². The van der Waals surface area contributed by atoms with E-state index in [0.29, 0.717) is 5.69 Å². The van der Waals surface area contributed by atoms with Gasteiger partial charge in [0.05, 0.1) is 42.9 Å². The third kappa shape index (κ3) is 6.06. The predicted molar refractivity (Wildman–Crippen MR) is 129 cm³/mol. The van der Waals surface area contributed by atoms with E-state index in [9.17, 15) is 24.5 Å². The maximum atomic E-state index is 14.7. The smallest absolute Gasteiger partial charge is 0.369 e. The molecule has 16 heteroatoms. The van der Waals surface area contributed by atoms with Crippen LogP contribution in [0.15, 0.2) is 42.7 Å². The second-order valence-corrected chi connectivity index (χ2v) is 7.67. The highest BCUT2D eigenvalue weighted by atomic mass is 19.1. The van der Waals surface area contributed by atoms with E-state index >= 15 is 0 Å². The monoisotopic (exact) mass is 527 g/mol. The van der Waals surface area contributed by atoms with Crippen molar-refractivity contribution in [1.82, 2.24) is 35.5 Å². The van der Waals surface area contributed by atoms with E-state index in [1.165, 1.54) is 37.3 Å². The van der Waals surface area contributed by atoms with Crippen LogP contribution in [0.2, 0.25) is 0 Å². The number of pyridine rings is 1. The minimum atomic E-state index is -3.50. The lowest BCUT2D eigenvalue weighted by molar-refractivity contribution is -0.323. The van der Waals surface area contributed by atoms with E-state index < -0.39 is 17.8 Å². The maximum absolute atomic E-state index is 14.7. The first kappa shape index (κ1) is 26.1. The van der Waals surface area contributed by atoms with E-state index in [-0.39, 0.29) is 45.8 Å². The van der Waals surface area contributed by atoms with Crippen molar-refractivity contribution in [3.05, 3.63) is 54.1 Å². The zero-order valence-corrected chi connectivity index (χ0v) is 20.2. The number of amides is 1. The van der Waals surface area contributed by atoms with Crippen LogP contribution in [0, 0.1) is 5.82 Å². The van der Waals surface area contributed by atoms with Gasteiger partial charge >= 0.3 is 6.10 Å². The van der Waals surface area contributed by atoms with Gasteiger partial charge < -0.3 is 35.4 Å². The van der Waals surface area contributed by atoms with Gasteiger partial charge in [-0.05, 0) is 12.1 Å². The van der Waals surface area contributed by atoms with E-state index in [1.807, 2.05) is 0 Å². The van der Waals surface area contributed by atoms with Crippen molar-refractivity contribution in [3.8, 4) is 22.9 Å².